The molecule has 2 nitrogen and oxygen atoms in total. The maximum absolute atomic E-state index is 5.85. The highest BCUT2D eigenvalue weighted by Crippen LogP contribution is 2.35. The van der Waals surface area contributed by atoms with Crippen molar-refractivity contribution < 1.29 is 4.74 Å². The van der Waals surface area contributed by atoms with Crippen LogP contribution in [0.1, 0.15) is 43.7 Å². The van der Waals surface area contributed by atoms with Gasteiger partial charge in [-0.15, -0.1) is 0 Å². The van der Waals surface area contributed by atoms with E-state index in [-0.39, 0.29) is 5.60 Å². The van der Waals surface area contributed by atoms with Crippen LogP contribution in [0.15, 0.2) is 24.3 Å². The fraction of sp³-hybridized carbons (Fsp3) is 0.625. The zero-order valence-electron chi connectivity index (χ0n) is 11.5. The van der Waals surface area contributed by atoms with E-state index in [0.717, 1.165) is 26.2 Å². The SMILES string of the molecule is CC(C)c1ccc(CN2CC3(CCCO3)C2)cc1. The predicted octanol–water partition coefficient (Wildman–Crippen LogP) is 3.17. The summed E-state index contributed by atoms with van der Waals surface area (Å²) in [5.74, 6) is 0.623. The molecule has 2 fully saturated rings. The van der Waals surface area contributed by atoms with Crippen molar-refractivity contribution in [2.45, 2.75) is 44.8 Å². The van der Waals surface area contributed by atoms with Crippen molar-refractivity contribution in [2.24, 2.45) is 0 Å². The molecule has 2 aliphatic rings. The molecule has 1 aromatic rings. The van der Waals surface area contributed by atoms with Crippen molar-refractivity contribution in [2.75, 3.05) is 19.7 Å². The number of nitrogens with zero attached hydrogens (tertiary/aromatic N) is 1. The summed E-state index contributed by atoms with van der Waals surface area (Å²) in [5, 5.41) is 0. The summed E-state index contributed by atoms with van der Waals surface area (Å²) in [7, 11) is 0. The minimum Gasteiger partial charge on any atom is -0.372 e. The van der Waals surface area contributed by atoms with Crippen LogP contribution in [0.3, 0.4) is 0 Å². The molecule has 0 saturated carbocycles. The molecule has 2 heteroatoms. The Morgan fingerprint density at radius 2 is 1.94 bits per heavy atom. The molecular weight excluding hydrogens is 222 g/mol. The first-order chi connectivity index (χ1) is 8.67. The Balaban J connectivity index is 1.55. The zero-order valence-corrected chi connectivity index (χ0v) is 11.5. The maximum Gasteiger partial charge on any atom is 0.0935 e. The van der Waals surface area contributed by atoms with Crippen molar-refractivity contribution in [3.8, 4) is 0 Å². The molecular formula is C16H23NO. The van der Waals surface area contributed by atoms with Crippen LogP contribution in [0.2, 0.25) is 0 Å². The average molecular weight is 245 g/mol. The van der Waals surface area contributed by atoms with Gasteiger partial charge in [0.15, 0.2) is 0 Å². The minimum atomic E-state index is 0.234. The number of hydrogen-bond donors (Lipinski definition) is 0. The van der Waals surface area contributed by atoms with Gasteiger partial charge in [0.1, 0.15) is 0 Å². The molecule has 0 radical (unpaired) electrons. The van der Waals surface area contributed by atoms with Gasteiger partial charge in [0.25, 0.3) is 0 Å². The summed E-state index contributed by atoms with van der Waals surface area (Å²) < 4.78 is 5.85. The van der Waals surface area contributed by atoms with E-state index in [1.165, 1.54) is 24.0 Å². The van der Waals surface area contributed by atoms with Crippen LogP contribution >= 0.6 is 0 Å². The molecule has 0 bridgehead atoms. The topological polar surface area (TPSA) is 12.5 Å². The van der Waals surface area contributed by atoms with E-state index < -0.39 is 0 Å². The number of benzene rings is 1. The largest absolute Gasteiger partial charge is 0.372 e. The number of hydrogen-bond acceptors (Lipinski definition) is 2. The van der Waals surface area contributed by atoms with Gasteiger partial charge in [0.2, 0.25) is 0 Å². The van der Waals surface area contributed by atoms with Crippen molar-refractivity contribution >= 4 is 0 Å². The second-order valence-electron chi connectivity index (χ2n) is 6.18. The lowest BCUT2D eigenvalue weighted by molar-refractivity contribution is -0.114. The molecule has 1 aromatic carbocycles. The Kier molecular flexibility index (Phi) is 3.16. The molecule has 0 N–H and O–H groups in total. The summed E-state index contributed by atoms with van der Waals surface area (Å²) in [5.41, 5.74) is 3.09. The molecule has 2 aliphatic heterocycles. The van der Waals surface area contributed by atoms with Gasteiger partial charge in [-0.05, 0) is 29.9 Å². The minimum absolute atomic E-state index is 0.234. The fourth-order valence-corrected chi connectivity index (χ4v) is 3.15. The van der Waals surface area contributed by atoms with Gasteiger partial charge in [-0.2, -0.15) is 0 Å². The van der Waals surface area contributed by atoms with Crippen LogP contribution in [-0.4, -0.2) is 30.2 Å². The van der Waals surface area contributed by atoms with Gasteiger partial charge < -0.3 is 4.74 Å². The van der Waals surface area contributed by atoms with Gasteiger partial charge >= 0.3 is 0 Å². The summed E-state index contributed by atoms with van der Waals surface area (Å²) in [4.78, 5) is 2.50. The second kappa shape index (κ2) is 4.67. The molecule has 0 amide bonds. The third-order valence-corrected chi connectivity index (χ3v) is 4.26. The quantitative estimate of drug-likeness (QED) is 0.811. The van der Waals surface area contributed by atoms with Crippen molar-refractivity contribution in [3.63, 3.8) is 0 Å². The van der Waals surface area contributed by atoms with Crippen molar-refractivity contribution in [3.05, 3.63) is 35.4 Å². The van der Waals surface area contributed by atoms with E-state index in [9.17, 15) is 0 Å². The van der Waals surface area contributed by atoms with E-state index in [2.05, 4.69) is 43.0 Å². The standard InChI is InChI=1S/C16H23NO/c1-13(2)15-6-4-14(5-7-15)10-17-11-16(12-17)8-3-9-18-16/h4-7,13H,3,8-12H2,1-2H3. The summed E-state index contributed by atoms with van der Waals surface area (Å²) in [6, 6.07) is 9.08. The van der Waals surface area contributed by atoms with E-state index in [1.807, 2.05) is 0 Å². The van der Waals surface area contributed by atoms with Gasteiger partial charge in [0, 0.05) is 26.2 Å². The highest BCUT2D eigenvalue weighted by Gasteiger charge is 2.45. The molecule has 1 spiro atoms. The first-order valence-electron chi connectivity index (χ1n) is 7.12. The smallest absolute Gasteiger partial charge is 0.0935 e. The van der Waals surface area contributed by atoms with Crippen LogP contribution in [-0.2, 0) is 11.3 Å². The molecule has 2 saturated heterocycles. The third-order valence-electron chi connectivity index (χ3n) is 4.26. The van der Waals surface area contributed by atoms with Gasteiger partial charge in [-0.25, -0.2) is 0 Å². The van der Waals surface area contributed by atoms with Crippen LogP contribution < -0.4 is 0 Å². The molecule has 0 unspecified atom stereocenters. The van der Waals surface area contributed by atoms with E-state index >= 15 is 0 Å². The molecule has 2 heterocycles. The van der Waals surface area contributed by atoms with Gasteiger partial charge in [-0.3, -0.25) is 4.90 Å². The lowest BCUT2D eigenvalue weighted by Crippen LogP contribution is -2.60. The monoisotopic (exact) mass is 245 g/mol. The summed E-state index contributed by atoms with van der Waals surface area (Å²) in [6.07, 6.45) is 2.51. The Morgan fingerprint density at radius 1 is 1.22 bits per heavy atom. The van der Waals surface area contributed by atoms with E-state index in [0.29, 0.717) is 5.92 Å². The van der Waals surface area contributed by atoms with Crippen molar-refractivity contribution in [1.29, 1.82) is 0 Å². The Hall–Kier alpha value is -0.860. The third kappa shape index (κ3) is 2.32. The first-order valence-corrected chi connectivity index (χ1v) is 7.12. The first kappa shape index (κ1) is 12.2. The Morgan fingerprint density at radius 3 is 2.50 bits per heavy atom. The van der Waals surface area contributed by atoms with E-state index in [4.69, 9.17) is 4.74 Å². The number of likely N-dealkylation sites (tertiary alicyclic amines) is 1. The second-order valence-corrected chi connectivity index (χ2v) is 6.18. The highest BCUT2D eigenvalue weighted by atomic mass is 16.5. The molecule has 0 aromatic heterocycles. The van der Waals surface area contributed by atoms with Gasteiger partial charge in [-0.1, -0.05) is 38.1 Å². The van der Waals surface area contributed by atoms with Crippen LogP contribution in [0.4, 0.5) is 0 Å². The molecule has 98 valence electrons. The van der Waals surface area contributed by atoms with Crippen molar-refractivity contribution in [1.82, 2.24) is 4.90 Å². The van der Waals surface area contributed by atoms with Crippen LogP contribution in [0.25, 0.3) is 0 Å². The Bertz CT molecular complexity index is 396. The van der Waals surface area contributed by atoms with Crippen LogP contribution in [0.5, 0.6) is 0 Å². The normalized spacial score (nSPS) is 22.6. The lowest BCUT2D eigenvalue weighted by atomic mass is 9.90. The number of ether oxygens (including phenoxy) is 1. The lowest BCUT2D eigenvalue weighted by Gasteiger charge is -2.47. The summed E-state index contributed by atoms with van der Waals surface area (Å²) in [6.45, 7) is 8.77. The van der Waals surface area contributed by atoms with Crippen LogP contribution in [0, 0.1) is 0 Å². The van der Waals surface area contributed by atoms with E-state index in [1.54, 1.807) is 0 Å². The predicted molar refractivity (Wildman–Crippen MR) is 73.7 cm³/mol. The zero-order chi connectivity index (χ0) is 12.6. The molecule has 0 aliphatic carbocycles. The highest BCUT2D eigenvalue weighted by molar-refractivity contribution is 5.25. The number of rotatable bonds is 3. The molecule has 18 heavy (non-hydrogen) atoms. The Labute approximate surface area is 110 Å². The maximum atomic E-state index is 5.85. The average Bonchev–Trinajstić information content (AvgIpc) is 2.78. The summed E-state index contributed by atoms with van der Waals surface area (Å²) >= 11 is 0. The molecule has 0 atom stereocenters. The molecule has 3 rings (SSSR count). The fourth-order valence-electron chi connectivity index (χ4n) is 3.15. The van der Waals surface area contributed by atoms with Gasteiger partial charge in [0.05, 0.1) is 5.60 Å².